The van der Waals surface area contributed by atoms with Crippen molar-refractivity contribution in [2.24, 2.45) is 5.92 Å². The second-order valence-electron chi connectivity index (χ2n) is 6.84. The third-order valence-corrected chi connectivity index (χ3v) is 4.77. The van der Waals surface area contributed by atoms with Crippen molar-refractivity contribution in [2.75, 3.05) is 32.1 Å². The zero-order valence-corrected chi connectivity index (χ0v) is 16.4. The van der Waals surface area contributed by atoms with Crippen LogP contribution in [0.25, 0.3) is 10.2 Å². The van der Waals surface area contributed by atoms with Gasteiger partial charge in [-0.2, -0.15) is 0 Å². The summed E-state index contributed by atoms with van der Waals surface area (Å²) in [7, 11) is 3.59. The van der Waals surface area contributed by atoms with Crippen LogP contribution in [0.4, 0.5) is 5.82 Å². The van der Waals surface area contributed by atoms with Crippen LogP contribution < -0.4 is 4.90 Å². The molecule has 0 aliphatic heterocycles. The van der Waals surface area contributed by atoms with Crippen LogP contribution in [0, 0.1) is 12.8 Å². The van der Waals surface area contributed by atoms with Crippen LogP contribution in [-0.2, 0) is 11.2 Å². The van der Waals surface area contributed by atoms with Crippen LogP contribution in [0.15, 0.2) is 5.38 Å². The molecule has 0 atom stereocenters. The molecule has 24 heavy (non-hydrogen) atoms. The maximum absolute atomic E-state index is 12.3. The SMILES string of the molecule is CCCN(CC(=O)N(C)C)c1nc(C)nc2scc(CC(C)C)c12. The van der Waals surface area contributed by atoms with Crippen molar-refractivity contribution in [3.63, 3.8) is 0 Å². The summed E-state index contributed by atoms with van der Waals surface area (Å²) in [6.07, 6.45) is 1.97. The molecule has 0 unspecified atom stereocenters. The summed E-state index contributed by atoms with van der Waals surface area (Å²) in [6.45, 7) is 9.64. The van der Waals surface area contributed by atoms with E-state index < -0.39 is 0 Å². The van der Waals surface area contributed by atoms with Gasteiger partial charge in [0.25, 0.3) is 0 Å². The number of amides is 1. The summed E-state index contributed by atoms with van der Waals surface area (Å²) in [5.41, 5.74) is 1.29. The highest BCUT2D eigenvalue weighted by atomic mass is 32.1. The molecule has 0 saturated heterocycles. The summed E-state index contributed by atoms with van der Waals surface area (Å²) >= 11 is 1.67. The highest BCUT2D eigenvalue weighted by Crippen LogP contribution is 2.33. The summed E-state index contributed by atoms with van der Waals surface area (Å²) in [5, 5.41) is 3.32. The number of hydrogen-bond acceptors (Lipinski definition) is 5. The van der Waals surface area contributed by atoms with Gasteiger partial charge in [0.05, 0.1) is 11.9 Å². The van der Waals surface area contributed by atoms with Crippen molar-refractivity contribution in [3.8, 4) is 0 Å². The minimum absolute atomic E-state index is 0.0912. The van der Waals surface area contributed by atoms with Gasteiger partial charge in [-0.05, 0) is 36.6 Å². The van der Waals surface area contributed by atoms with Crippen LogP contribution in [0.5, 0.6) is 0 Å². The monoisotopic (exact) mass is 348 g/mol. The van der Waals surface area contributed by atoms with Gasteiger partial charge in [0.15, 0.2) is 0 Å². The Balaban J connectivity index is 2.53. The minimum Gasteiger partial charge on any atom is -0.347 e. The molecule has 132 valence electrons. The fourth-order valence-electron chi connectivity index (χ4n) is 2.74. The quantitative estimate of drug-likeness (QED) is 0.768. The number of anilines is 1. The molecule has 2 aromatic heterocycles. The number of nitrogens with zero attached hydrogens (tertiary/aromatic N) is 4. The number of hydrogen-bond donors (Lipinski definition) is 0. The topological polar surface area (TPSA) is 49.3 Å². The van der Waals surface area contributed by atoms with Crippen LogP contribution in [0.1, 0.15) is 38.6 Å². The van der Waals surface area contributed by atoms with Crippen molar-refractivity contribution in [1.29, 1.82) is 0 Å². The Morgan fingerprint density at radius 2 is 2.00 bits per heavy atom. The molecule has 0 fully saturated rings. The summed E-state index contributed by atoms with van der Waals surface area (Å²) in [4.78, 5) is 26.4. The Labute approximate surface area is 148 Å². The van der Waals surface area contributed by atoms with Gasteiger partial charge < -0.3 is 9.80 Å². The first-order chi connectivity index (χ1) is 11.3. The van der Waals surface area contributed by atoms with E-state index in [0.717, 1.165) is 41.2 Å². The lowest BCUT2D eigenvalue weighted by Gasteiger charge is -2.25. The average Bonchev–Trinajstić information content (AvgIpc) is 2.87. The molecule has 5 nitrogen and oxygen atoms in total. The zero-order valence-electron chi connectivity index (χ0n) is 15.6. The Kier molecular flexibility index (Phi) is 6.15. The number of rotatable bonds is 7. The lowest BCUT2D eigenvalue weighted by atomic mass is 10.0. The van der Waals surface area contributed by atoms with Gasteiger partial charge in [-0.15, -0.1) is 11.3 Å². The van der Waals surface area contributed by atoms with Crippen molar-refractivity contribution in [3.05, 3.63) is 16.8 Å². The molecular weight excluding hydrogens is 320 g/mol. The van der Waals surface area contributed by atoms with Gasteiger partial charge in [-0.3, -0.25) is 4.79 Å². The highest BCUT2D eigenvalue weighted by molar-refractivity contribution is 7.17. The first kappa shape index (κ1) is 18.6. The van der Waals surface area contributed by atoms with Gasteiger partial charge in [-0.1, -0.05) is 20.8 Å². The van der Waals surface area contributed by atoms with E-state index in [-0.39, 0.29) is 5.91 Å². The number of carbonyl (C=O) groups is 1. The lowest BCUT2D eigenvalue weighted by molar-refractivity contribution is -0.127. The minimum atomic E-state index is 0.0912. The standard InChI is InChI=1S/C18H28N4OS/c1-7-8-22(10-15(23)21(5)6)17-16-14(9-12(2)3)11-24-18(16)20-13(4)19-17/h11-12H,7-10H2,1-6H3. The zero-order chi connectivity index (χ0) is 17.9. The Morgan fingerprint density at radius 3 is 2.58 bits per heavy atom. The Bertz CT molecular complexity index is 708. The van der Waals surface area contributed by atoms with E-state index in [1.807, 2.05) is 6.92 Å². The summed E-state index contributed by atoms with van der Waals surface area (Å²) in [6, 6.07) is 0. The molecule has 0 N–H and O–H groups in total. The predicted octanol–water partition coefficient (Wildman–Crippen LogP) is 3.50. The molecule has 6 heteroatoms. The first-order valence-corrected chi connectivity index (χ1v) is 9.41. The summed E-state index contributed by atoms with van der Waals surface area (Å²) in [5.74, 6) is 2.33. The van der Waals surface area contributed by atoms with Crippen molar-refractivity contribution < 1.29 is 4.79 Å². The van der Waals surface area contributed by atoms with E-state index in [1.54, 1.807) is 30.3 Å². The van der Waals surface area contributed by atoms with Crippen molar-refractivity contribution >= 4 is 33.3 Å². The fourth-order valence-corrected chi connectivity index (χ4v) is 3.73. The smallest absolute Gasteiger partial charge is 0.241 e. The van der Waals surface area contributed by atoms with Crippen LogP contribution in [-0.4, -0.2) is 48.0 Å². The molecule has 0 saturated carbocycles. The number of carbonyl (C=O) groups excluding carboxylic acids is 1. The average molecular weight is 349 g/mol. The van der Waals surface area contributed by atoms with E-state index in [9.17, 15) is 4.79 Å². The molecule has 0 aliphatic carbocycles. The van der Waals surface area contributed by atoms with Gasteiger partial charge in [-0.25, -0.2) is 9.97 Å². The number of thiophene rings is 1. The van der Waals surface area contributed by atoms with Gasteiger partial charge >= 0.3 is 0 Å². The molecule has 1 amide bonds. The number of fused-ring (bicyclic) bond motifs is 1. The fraction of sp³-hybridized carbons (Fsp3) is 0.611. The van der Waals surface area contributed by atoms with E-state index in [0.29, 0.717) is 12.5 Å². The van der Waals surface area contributed by atoms with Crippen LogP contribution in [0.3, 0.4) is 0 Å². The molecule has 0 aromatic carbocycles. The van der Waals surface area contributed by atoms with Crippen LogP contribution >= 0.6 is 11.3 Å². The lowest BCUT2D eigenvalue weighted by Crippen LogP contribution is -2.37. The normalized spacial score (nSPS) is 11.3. The van der Waals surface area contributed by atoms with Crippen molar-refractivity contribution in [1.82, 2.24) is 14.9 Å². The Hall–Kier alpha value is -1.69. The number of likely N-dealkylation sites (N-methyl/N-ethyl adjacent to an activating group) is 1. The largest absolute Gasteiger partial charge is 0.347 e. The molecule has 0 aliphatic rings. The summed E-state index contributed by atoms with van der Waals surface area (Å²) < 4.78 is 0. The molecule has 0 radical (unpaired) electrons. The van der Waals surface area contributed by atoms with Gasteiger partial charge in [0.1, 0.15) is 16.5 Å². The van der Waals surface area contributed by atoms with Gasteiger partial charge in [0.2, 0.25) is 5.91 Å². The van der Waals surface area contributed by atoms with Crippen LogP contribution in [0.2, 0.25) is 0 Å². The molecular formula is C18H28N4OS. The van der Waals surface area contributed by atoms with E-state index in [2.05, 4.69) is 36.0 Å². The molecule has 0 bridgehead atoms. The highest BCUT2D eigenvalue weighted by Gasteiger charge is 2.20. The second kappa shape index (κ2) is 7.92. The van der Waals surface area contributed by atoms with Gasteiger partial charge in [0, 0.05) is 20.6 Å². The maximum Gasteiger partial charge on any atom is 0.241 e. The first-order valence-electron chi connectivity index (χ1n) is 8.53. The molecule has 2 rings (SSSR count). The molecule has 2 aromatic rings. The van der Waals surface area contributed by atoms with E-state index >= 15 is 0 Å². The molecule has 2 heterocycles. The van der Waals surface area contributed by atoms with E-state index in [4.69, 9.17) is 4.98 Å². The third-order valence-electron chi connectivity index (χ3n) is 3.85. The maximum atomic E-state index is 12.3. The predicted molar refractivity (Wildman–Crippen MR) is 102 cm³/mol. The molecule has 0 spiro atoms. The van der Waals surface area contributed by atoms with E-state index in [1.165, 1.54) is 5.56 Å². The van der Waals surface area contributed by atoms with Crippen molar-refractivity contribution in [2.45, 2.75) is 40.5 Å². The number of aryl methyl sites for hydroxylation is 1. The third kappa shape index (κ3) is 4.23. The number of aromatic nitrogens is 2. The Morgan fingerprint density at radius 1 is 1.29 bits per heavy atom. The second-order valence-corrected chi connectivity index (χ2v) is 7.70.